The van der Waals surface area contributed by atoms with Crippen LogP contribution in [-0.2, 0) is 6.54 Å². The van der Waals surface area contributed by atoms with Gasteiger partial charge in [0.15, 0.2) is 11.6 Å². The molecule has 0 bridgehead atoms. The molecule has 1 aliphatic heterocycles. The van der Waals surface area contributed by atoms with Gasteiger partial charge in [0, 0.05) is 24.8 Å². The summed E-state index contributed by atoms with van der Waals surface area (Å²) in [5.41, 5.74) is 1.33. The first-order valence-electron chi connectivity index (χ1n) is 8.94. The molecule has 0 spiro atoms. The van der Waals surface area contributed by atoms with Gasteiger partial charge in [-0.1, -0.05) is 13.8 Å². The summed E-state index contributed by atoms with van der Waals surface area (Å²) in [6, 6.07) is 6.36. The maximum absolute atomic E-state index is 14.0. The first-order chi connectivity index (χ1) is 12.6. The van der Waals surface area contributed by atoms with Crippen LogP contribution in [-0.4, -0.2) is 58.8 Å². The summed E-state index contributed by atoms with van der Waals surface area (Å²) in [6.07, 6.45) is 1.77. The van der Waals surface area contributed by atoms with Crippen LogP contribution in [0.4, 0.5) is 4.39 Å². The average molecular weight is 360 g/mol. The molecule has 2 aromatic rings. The highest BCUT2D eigenvalue weighted by molar-refractivity contribution is 5.94. The molecule has 1 unspecified atom stereocenters. The minimum atomic E-state index is -0.528. The number of hydrogen-bond acceptors (Lipinski definition) is 4. The minimum Gasteiger partial charge on any atom is -0.494 e. The Kier molecular flexibility index (Phi) is 5.56. The van der Waals surface area contributed by atoms with Gasteiger partial charge < -0.3 is 14.5 Å². The molecule has 0 aliphatic carbocycles. The molecule has 0 radical (unpaired) electrons. The fourth-order valence-electron chi connectivity index (χ4n) is 3.44. The smallest absolute Gasteiger partial charge is 0.254 e. The molecule has 6 nitrogen and oxygen atoms in total. The van der Waals surface area contributed by atoms with Crippen LogP contribution in [0.15, 0.2) is 30.5 Å². The van der Waals surface area contributed by atoms with Crippen LogP contribution in [0, 0.1) is 5.82 Å². The molecular formula is C19H25FN4O2. The number of ether oxygens (including phenoxy) is 1. The maximum Gasteiger partial charge on any atom is 0.254 e. The number of fused-ring (bicyclic) bond motifs is 1. The van der Waals surface area contributed by atoms with Crippen molar-refractivity contribution in [3.63, 3.8) is 0 Å². The Morgan fingerprint density at radius 1 is 1.35 bits per heavy atom. The zero-order chi connectivity index (χ0) is 18.7. The quantitative estimate of drug-likeness (QED) is 0.795. The molecule has 140 valence electrons. The lowest BCUT2D eigenvalue weighted by atomic mass is 10.1. The third kappa shape index (κ3) is 3.58. The molecule has 1 aliphatic rings. The van der Waals surface area contributed by atoms with E-state index in [1.807, 2.05) is 10.7 Å². The number of carbonyl (C=O) groups is 1. The average Bonchev–Trinajstić information content (AvgIpc) is 3.14. The van der Waals surface area contributed by atoms with E-state index in [2.05, 4.69) is 23.8 Å². The first-order valence-corrected chi connectivity index (χ1v) is 8.94. The maximum atomic E-state index is 14.0. The van der Waals surface area contributed by atoms with Gasteiger partial charge in [0.05, 0.1) is 25.4 Å². The van der Waals surface area contributed by atoms with Gasteiger partial charge in [0.25, 0.3) is 5.91 Å². The lowest BCUT2D eigenvalue weighted by molar-refractivity contribution is 0.0642. The van der Waals surface area contributed by atoms with Gasteiger partial charge in [0.1, 0.15) is 0 Å². The standard InChI is InChI=1S/C19H25FN4O2/c1-4-22(5-2)11-16-13-23(12-15-8-9-21-24(15)16)19(25)14-6-7-18(26-3)17(20)10-14/h6-10,16H,4-5,11-13H2,1-3H3. The normalized spacial score (nSPS) is 16.7. The van der Waals surface area contributed by atoms with Crippen LogP contribution in [0.1, 0.15) is 35.9 Å². The predicted octanol–water partition coefficient (Wildman–Crippen LogP) is 2.57. The number of rotatable bonds is 6. The number of amides is 1. The molecule has 0 fully saturated rings. The number of methoxy groups -OCH3 is 1. The molecule has 1 aromatic carbocycles. The summed E-state index contributed by atoms with van der Waals surface area (Å²) < 4.78 is 20.9. The summed E-state index contributed by atoms with van der Waals surface area (Å²) in [7, 11) is 1.41. The second-order valence-corrected chi connectivity index (χ2v) is 6.44. The summed E-state index contributed by atoms with van der Waals surface area (Å²) in [5, 5.41) is 4.44. The van der Waals surface area contributed by atoms with E-state index in [0.29, 0.717) is 18.7 Å². The van der Waals surface area contributed by atoms with E-state index in [4.69, 9.17) is 4.74 Å². The van der Waals surface area contributed by atoms with Gasteiger partial charge in [-0.2, -0.15) is 5.10 Å². The Morgan fingerprint density at radius 2 is 2.12 bits per heavy atom. The van der Waals surface area contributed by atoms with Crippen LogP contribution in [0.2, 0.25) is 0 Å². The monoisotopic (exact) mass is 360 g/mol. The summed E-state index contributed by atoms with van der Waals surface area (Å²) >= 11 is 0. The van der Waals surface area contributed by atoms with E-state index >= 15 is 0 Å². The number of aromatic nitrogens is 2. The predicted molar refractivity (Wildman–Crippen MR) is 96.7 cm³/mol. The van der Waals surface area contributed by atoms with E-state index in [1.54, 1.807) is 17.2 Å². The molecule has 1 amide bonds. The number of hydrogen-bond donors (Lipinski definition) is 0. The van der Waals surface area contributed by atoms with E-state index in [-0.39, 0.29) is 17.7 Å². The second kappa shape index (κ2) is 7.86. The van der Waals surface area contributed by atoms with E-state index < -0.39 is 5.82 Å². The minimum absolute atomic E-state index is 0.0840. The lowest BCUT2D eigenvalue weighted by Crippen LogP contribution is -2.45. The van der Waals surface area contributed by atoms with Gasteiger partial charge >= 0.3 is 0 Å². The van der Waals surface area contributed by atoms with Crippen molar-refractivity contribution in [2.45, 2.75) is 26.4 Å². The molecular weight excluding hydrogens is 335 g/mol. The molecule has 7 heteroatoms. The Labute approximate surface area is 153 Å². The van der Waals surface area contributed by atoms with Crippen molar-refractivity contribution in [3.8, 4) is 5.75 Å². The molecule has 0 N–H and O–H groups in total. The van der Waals surface area contributed by atoms with Crippen molar-refractivity contribution < 1.29 is 13.9 Å². The molecule has 0 saturated heterocycles. The molecule has 1 aromatic heterocycles. The van der Waals surface area contributed by atoms with Crippen molar-refractivity contribution in [2.24, 2.45) is 0 Å². The third-order valence-electron chi connectivity index (χ3n) is 4.93. The molecule has 1 atom stereocenters. The third-order valence-corrected chi connectivity index (χ3v) is 4.93. The number of nitrogens with zero attached hydrogens (tertiary/aromatic N) is 4. The zero-order valence-corrected chi connectivity index (χ0v) is 15.5. The van der Waals surface area contributed by atoms with Crippen molar-refractivity contribution in [2.75, 3.05) is 33.3 Å². The number of halogens is 1. The zero-order valence-electron chi connectivity index (χ0n) is 15.5. The Bertz CT molecular complexity index is 773. The largest absolute Gasteiger partial charge is 0.494 e. The van der Waals surface area contributed by atoms with Crippen LogP contribution in [0.3, 0.4) is 0 Å². The van der Waals surface area contributed by atoms with Crippen LogP contribution < -0.4 is 4.74 Å². The Morgan fingerprint density at radius 3 is 2.77 bits per heavy atom. The van der Waals surface area contributed by atoms with E-state index in [9.17, 15) is 9.18 Å². The van der Waals surface area contributed by atoms with Gasteiger partial charge in [-0.25, -0.2) is 4.39 Å². The van der Waals surface area contributed by atoms with Gasteiger partial charge in [-0.05, 0) is 37.4 Å². The van der Waals surface area contributed by atoms with Crippen LogP contribution >= 0.6 is 0 Å². The fourth-order valence-corrected chi connectivity index (χ4v) is 3.44. The van der Waals surface area contributed by atoms with Crippen molar-refractivity contribution >= 4 is 5.91 Å². The number of benzene rings is 1. The highest BCUT2D eigenvalue weighted by Gasteiger charge is 2.30. The van der Waals surface area contributed by atoms with Gasteiger partial charge in [-0.15, -0.1) is 0 Å². The van der Waals surface area contributed by atoms with E-state index in [0.717, 1.165) is 25.3 Å². The van der Waals surface area contributed by atoms with E-state index in [1.165, 1.54) is 19.2 Å². The van der Waals surface area contributed by atoms with Crippen LogP contribution in [0.5, 0.6) is 5.75 Å². The SMILES string of the molecule is CCN(CC)CC1CN(C(=O)c2ccc(OC)c(F)c2)Cc2ccnn21. The molecule has 3 rings (SSSR count). The molecule has 2 heterocycles. The summed E-state index contributed by atoms with van der Waals surface area (Å²) in [5.74, 6) is -0.568. The molecule has 0 saturated carbocycles. The highest BCUT2D eigenvalue weighted by Crippen LogP contribution is 2.24. The summed E-state index contributed by atoms with van der Waals surface area (Å²) in [6.45, 7) is 7.99. The fraction of sp³-hybridized carbons (Fsp3) is 0.474. The van der Waals surface area contributed by atoms with Gasteiger partial charge in [-0.3, -0.25) is 9.48 Å². The van der Waals surface area contributed by atoms with Crippen molar-refractivity contribution in [1.29, 1.82) is 0 Å². The first kappa shape index (κ1) is 18.4. The topological polar surface area (TPSA) is 50.6 Å². The number of likely N-dealkylation sites (N-methyl/N-ethyl adjacent to an activating group) is 1. The lowest BCUT2D eigenvalue weighted by Gasteiger charge is -2.36. The Hall–Kier alpha value is -2.41. The Balaban J connectivity index is 1.82. The van der Waals surface area contributed by atoms with Crippen molar-refractivity contribution in [3.05, 3.63) is 47.5 Å². The number of carbonyl (C=O) groups excluding carboxylic acids is 1. The second-order valence-electron chi connectivity index (χ2n) is 6.44. The highest BCUT2D eigenvalue weighted by atomic mass is 19.1. The van der Waals surface area contributed by atoms with Crippen molar-refractivity contribution in [1.82, 2.24) is 19.6 Å². The van der Waals surface area contributed by atoms with Crippen LogP contribution in [0.25, 0.3) is 0 Å². The molecule has 26 heavy (non-hydrogen) atoms. The van der Waals surface area contributed by atoms with Gasteiger partial charge in [0.2, 0.25) is 0 Å². The summed E-state index contributed by atoms with van der Waals surface area (Å²) in [4.78, 5) is 17.0.